The lowest BCUT2D eigenvalue weighted by atomic mass is 10.2. The Labute approximate surface area is 133 Å². The molecule has 1 aliphatic rings. The number of hydrogen-bond acceptors (Lipinski definition) is 4. The molecule has 1 aromatic rings. The van der Waals surface area contributed by atoms with Gasteiger partial charge in [-0.1, -0.05) is 11.6 Å². The first-order chi connectivity index (χ1) is 9.94. The van der Waals surface area contributed by atoms with E-state index in [1.165, 1.54) is 6.07 Å². The van der Waals surface area contributed by atoms with Crippen LogP contribution in [0.5, 0.6) is 0 Å². The molecule has 1 saturated heterocycles. The molecule has 0 aromatic heterocycles. The maximum absolute atomic E-state index is 14.4. The highest BCUT2D eigenvalue weighted by Gasteiger charge is 2.26. The summed E-state index contributed by atoms with van der Waals surface area (Å²) in [6, 6.07) is 2.46. The van der Waals surface area contributed by atoms with Gasteiger partial charge in [0.25, 0.3) is 0 Å². The monoisotopic (exact) mass is 352 g/mol. The predicted molar refractivity (Wildman–Crippen MR) is 84.8 cm³/mol. The molecule has 1 aromatic carbocycles. The largest absolute Gasteiger partial charge is 0.316 e. The van der Waals surface area contributed by atoms with Gasteiger partial charge in [-0.3, -0.25) is 0 Å². The van der Waals surface area contributed by atoms with Gasteiger partial charge in [0, 0.05) is 23.2 Å². The van der Waals surface area contributed by atoms with Gasteiger partial charge in [0.15, 0.2) is 0 Å². The second kappa shape index (κ2) is 7.28. The third-order valence-corrected chi connectivity index (χ3v) is 6.07. The lowest BCUT2D eigenvalue weighted by Crippen LogP contribution is -2.37. The third kappa shape index (κ3) is 4.32. The van der Waals surface area contributed by atoms with Gasteiger partial charge in [-0.05, 0) is 43.5 Å². The lowest BCUT2D eigenvalue weighted by Gasteiger charge is -2.22. The second-order valence-electron chi connectivity index (χ2n) is 4.92. The van der Waals surface area contributed by atoms with Crippen LogP contribution in [0.4, 0.5) is 4.39 Å². The van der Waals surface area contributed by atoms with E-state index >= 15 is 0 Å². The van der Waals surface area contributed by atoms with Crippen molar-refractivity contribution in [3.63, 3.8) is 0 Å². The molecule has 1 fully saturated rings. The molecule has 0 atom stereocenters. The highest BCUT2D eigenvalue weighted by molar-refractivity contribution is 7.99. The third-order valence-electron chi connectivity index (χ3n) is 3.28. The molecule has 0 saturated carbocycles. The second-order valence-corrected chi connectivity index (χ2v) is 8.26. The van der Waals surface area contributed by atoms with Crippen LogP contribution in [0.3, 0.4) is 0 Å². The van der Waals surface area contributed by atoms with E-state index in [0.717, 1.165) is 30.4 Å². The van der Waals surface area contributed by atoms with Gasteiger partial charge in [0.2, 0.25) is 10.0 Å². The van der Waals surface area contributed by atoms with E-state index in [-0.39, 0.29) is 28.1 Å². The van der Waals surface area contributed by atoms with Crippen molar-refractivity contribution in [3.05, 3.63) is 28.5 Å². The van der Waals surface area contributed by atoms with E-state index in [0.29, 0.717) is 0 Å². The molecular weight excluding hydrogens is 335 g/mol. The minimum atomic E-state index is -3.90. The number of nitrogens with one attached hydrogen (secondary N) is 2. The van der Waals surface area contributed by atoms with Crippen LogP contribution >= 0.6 is 23.4 Å². The van der Waals surface area contributed by atoms with Crippen LogP contribution in [0.15, 0.2) is 17.0 Å². The summed E-state index contributed by atoms with van der Waals surface area (Å²) in [6.07, 6.45) is 1.52. The zero-order chi connectivity index (χ0) is 15.5. The first-order valence-corrected chi connectivity index (χ1v) is 9.68. The van der Waals surface area contributed by atoms with Gasteiger partial charge in [-0.2, -0.15) is 11.8 Å². The van der Waals surface area contributed by atoms with Gasteiger partial charge < -0.3 is 5.32 Å². The minimum Gasteiger partial charge on any atom is -0.316 e. The topological polar surface area (TPSA) is 58.2 Å². The fraction of sp³-hybridized carbons (Fsp3) is 0.538. The van der Waals surface area contributed by atoms with Gasteiger partial charge in [0.05, 0.1) is 0 Å². The van der Waals surface area contributed by atoms with E-state index in [1.807, 2.05) is 0 Å². The smallest absolute Gasteiger partial charge is 0.243 e. The number of halogens is 2. The molecule has 1 aliphatic heterocycles. The van der Waals surface area contributed by atoms with E-state index < -0.39 is 15.8 Å². The molecule has 8 heteroatoms. The molecule has 4 nitrogen and oxygen atoms in total. The average Bonchev–Trinajstić information content (AvgIpc) is 2.43. The Hall–Kier alpha value is -0.340. The van der Waals surface area contributed by atoms with Crippen LogP contribution in [0.1, 0.15) is 18.4 Å². The Morgan fingerprint density at radius 2 is 2.05 bits per heavy atom. The molecule has 0 aliphatic carbocycles. The zero-order valence-corrected chi connectivity index (χ0v) is 14.0. The number of thioether (sulfide) groups is 1. The van der Waals surface area contributed by atoms with Crippen LogP contribution in [0.25, 0.3) is 0 Å². The molecular formula is C13H18ClFN2O2S2. The van der Waals surface area contributed by atoms with Crippen molar-refractivity contribution in [2.45, 2.75) is 30.3 Å². The van der Waals surface area contributed by atoms with Gasteiger partial charge in [-0.15, -0.1) is 0 Å². The quantitative estimate of drug-likeness (QED) is 0.854. The average molecular weight is 353 g/mol. The van der Waals surface area contributed by atoms with Crippen LogP contribution < -0.4 is 10.0 Å². The number of hydrogen-bond donors (Lipinski definition) is 2. The Balaban J connectivity index is 2.30. The molecule has 0 amide bonds. The molecule has 0 bridgehead atoms. The zero-order valence-electron chi connectivity index (χ0n) is 11.7. The van der Waals surface area contributed by atoms with Crippen LogP contribution in [-0.4, -0.2) is 33.0 Å². The Bertz CT molecular complexity index is 604. The van der Waals surface area contributed by atoms with Crippen LogP contribution in [-0.2, 0) is 16.6 Å². The van der Waals surface area contributed by atoms with Crippen molar-refractivity contribution in [1.82, 2.24) is 10.0 Å². The number of rotatable bonds is 5. The fourth-order valence-electron chi connectivity index (χ4n) is 2.23. The van der Waals surface area contributed by atoms with E-state index in [1.54, 1.807) is 18.8 Å². The van der Waals surface area contributed by atoms with Crippen molar-refractivity contribution in [2.24, 2.45) is 0 Å². The standard InChI is InChI=1S/C13H18ClFN2O2S2/c1-16-8-9-6-10(14)7-12(13(9)15)21(18,19)17-11-2-4-20-5-3-11/h6-7,11,16-17H,2-5,8H2,1H3. The van der Waals surface area contributed by atoms with E-state index in [4.69, 9.17) is 11.6 Å². The summed E-state index contributed by atoms with van der Waals surface area (Å²) in [5.41, 5.74) is 0.240. The maximum Gasteiger partial charge on any atom is 0.243 e. The summed E-state index contributed by atoms with van der Waals surface area (Å²) in [7, 11) is -2.24. The Kier molecular flexibility index (Phi) is 5.90. The highest BCUT2D eigenvalue weighted by Crippen LogP contribution is 2.25. The van der Waals surface area contributed by atoms with Crippen molar-refractivity contribution in [3.8, 4) is 0 Å². The first kappa shape index (κ1) is 17.0. The Morgan fingerprint density at radius 3 is 2.67 bits per heavy atom. The van der Waals surface area contributed by atoms with Crippen LogP contribution in [0.2, 0.25) is 5.02 Å². The molecule has 118 valence electrons. The molecule has 0 spiro atoms. The van der Waals surface area contributed by atoms with E-state index in [2.05, 4.69) is 10.0 Å². The minimum absolute atomic E-state index is 0.137. The fourth-order valence-corrected chi connectivity index (χ4v) is 5.09. The van der Waals surface area contributed by atoms with Crippen molar-refractivity contribution in [2.75, 3.05) is 18.6 Å². The van der Waals surface area contributed by atoms with Crippen LogP contribution in [0, 0.1) is 5.82 Å². The molecule has 1 heterocycles. The summed E-state index contributed by atoms with van der Waals surface area (Å²) in [6.45, 7) is 0.217. The Morgan fingerprint density at radius 1 is 1.38 bits per heavy atom. The van der Waals surface area contributed by atoms with Crippen molar-refractivity contribution < 1.29 is 12.8 Å². The van der Waals surface area contributed by atoms with Crippen molar-refractivity contribution >= 4 is 33.4 Å². The summed E-state index contributed by atoms with van der Waals surface area (Å²) >= 11 is 7.71. The molecule has 21 heavy (non-hydrogen) atoms. The molecule has 0 radical (unpaired) electrons. The van der Waals surface area contributed by atoms with Gasteiger partial charge in [0.1, 0.15) is 10.7 Å². The summed E-state index contributed by atoms with van der Waals surface area (Å²) in [5.74, 6) is 1.08. The van der Waals surface area contributed by atoms with Gasteiger partial charge in [-0.25, -0.2) is 17.5 Å². The SMILES string of the molecule is CNCc1cc(Cl)cc(S(=O)(=O)NC2CCSCC2)c1F. The summed E-state index contributed by atoms with van der Waals surface area (Å²) in [5, 5.41) is 3.00. The van der Waals surface area contributed by atoms with Gasteiger partial charge >= 0.3 is 0 Å². The lowest BCUT2D eigenvalue weighted by molar-refractivity contribution is 0.515. The molecule has 2 N–H and O–H groups in total. The van der Waals surface area contributed by atoms with Crippen molar-refractivity contribution in [1.29, 1.82) is 0 Å². The molecule has 2 rings (SSSR count). The molecule has 0 unspecified atom stereocenters. The predicted octanol–water partition coefficient (Wildman–Crippen LogP) is 2.37. The maximum atomic E-state index is 14.4. The van der Waals surface area contributed by atoms with E-state index in [9.17, 15) is 12.8 Å². The number of benzene rings is 1. The first-order valence-electron chi connectivity index (χ1n) is 6.66. The summed E-state index contributed by atoms with van der Waals surface area (Å²) in [4.78, 5) is -0.376. The highest BCUT2D eigenvalue weighted by atomic mass is 35.5. The summed E-state index contributed by atoms with van der Waals surface area (Å²) < 4.78 is 41.7. The normalized spacial score (nSPS) is 17.1. The number of sulfonamides is 1.